The van der Waals surface area contributed by atoms with Crippen molar-refractivity contribution in [2.75, 3.05) is 33.2 Å². The number of likely N-dealkylation sites (tertiary alicyclic amines) is 1. The Balaban J connectivity index is 1.76. The summed E-state index contributed by atoms with van der Waals surface area (Å²) in [6.45, 7) is 4.51. The second-order valence-electron chi connectivity index (χ2n) is 5.78. The van der Waals surface area contributed by atoms with Crippen LogP contribution in [-0.4, -0.2) is 49.9 Å². The first-order chi connectivity index (χ1) is 8.55. The molecule has 18 heavy (non-hydrogen) atoms. The van der Waals surface area contributed by atoms with Crippen molar-refractivity contribution in [3.8, 4) is 0 Å². The molecule has 1 unspecified atom stereocenters. The number of hydrogen-bond donors (Lipinski definition) is 2. The fourth-order valence-corrected chi connectivity index (χ4v) is 2.48. The lowest BCUT2D eigenvalue weighted by Crippen LogP contribution is -2.42. The zero-order chi connectivity index (χ0) is 13.2. The summed E-state index contributed by atoms with van der Waals surface area (Å²) in [5.74, 6) is 0.930. The number of nitrogens with zero attached hydrogens (tertiary/aromatic N) is 1. The first-order valence-electron chi connectivity index (χ1n) is 6.76. The molecular formula is C13H23N3O2. The van der Waals surface area contributed by atoms with Gasteiger partial charge in [0.25, 0.3) is 0 Å². The van der Waals surface area contributed by atoms with Crippen LogP contribution in [0.2, 0.25) is 0 Å². The molecule has 1 aliphatic carbocycles. The van der Waals surface area contributed by atoms with Crippen molar-refractivity contribution < 1.29 is 9.59 Å². The lowest BCUT2D eigenvalue weighted by molar-refractivity contribution is -0.131. The molecule has 1 heterocycles. The minimum absolute atomic E-state index is 0.0312. The van der Waals surface area contributed by atoms with Gasteiger partial charge in [0.15, 0.2) is 0 Å². The molecule has 2 N–H and O–H groups in total. The van der Waals surface area contributed by atoms with Crippen LogP contribution in [0.1, 0.15) is 26.2 Å². The van der Waals surface area contributed by atoms with Crippen LogP contribution in [0, 0.1) is 11.3 Å². The van der Waals surface area contributed by atoms with E-state index in [0.717, 1.165) is 18.9 Å². The first kappa shape index (κ1) is 13.3. The average Bonchev–Trinajstić information content (AvgIpc) is 3.09. The van der Waals surface area contributed by atoms with Gasteiger partial charge in [-0.1, -0.05) is 0 Å². The molecule has 2 amide bonds. The Morgan fingerprint density at radius 1 is 1.39 bits per heavy atom. The van der Waals surface area contributed by atoms with E-state index in [1.54, 1.807) is 11.9 Å². The van der Waals surface area contributed by atoms with Gasteiger partial charge in [-0.2, -0.15) is 0 Å². The molecule has 0 spiro atoms. The summed E-state index contributed by atoms with van der Waals surface area (Å²) in [5, 5.41) is 5.88. The quantitative estimate of drug-likeness (QED) is 0.723. The van der Waals surface area contributed by atoms with Gasteiger partial charge in [0.1, 0.15) is 0 Å². The molecule has 5 nitrogen and oxygen atoms in total. The van der Waals surface area contributed by atoms with E-state index in [1.165, 1.54) is 12.8 Å². The van der Waals surface area contributed by atoms with Gasteiger partial charge in [0.05, 0.1) is 12.0 Å². The van der Waals surface area contributed by atoms with Crippen LogP contribution in [0.25, 0.3) is 0 Å². The summed E-state index contributed by atoms with van der Waals surface area (Å²) in [7, 11) is 1.65. The third kappa shape index (κ3) is 3.02. The van der Waals surface area contributed by atoms with E-state index in [1.807, 2.05) is 6.92 Å². The Kier molecular flexibility index (Phi) is 3.90. The molecule has 1 atom stereocenters. The van der Waals surface area contributed by atoms with Crippen molar-refractivity contribution in [2.45, 2.75) is 26.2 Å². The summed E-state index contributed by atoms with van der Waals surface area (Å²) in [6, 6.07) is 0. The topological polar surface area (TPSA) is 61.4 Å². The number of hydrogen-bond acceptors (Lipinski definition) is 3. The van der Waals surface area contributed by atoms with Crippen molar-refractivity contribution in [1.82, 2.24) is 15.5 Å². The number of nitrogens with one attached hydrogen (secondary N) is 2. The van der Waals surface area contributed by atoms with Gasteiger partial charge in [-0.15, -0.1) is 0 Å². The highest BCUT2D eigenvalue weighted by molar-refractivity contribution is 5.85. The fraction of sp³-hybridized carbons (Fsp3) is 0.846. The Morgan fingerprint density at radius 2 is 2.11 bits per heavy atom. The molecule has 5 heteroatoms. The Labute approximate surface area is 108 Å². The summed E-state index contributed by atoms with van der Waals surface area (Å²) >= 11 is 0. The molecule has 0 bridgehead atoms. The van der Waals surface area contributed by atoms with Crippen molar-refractivity contribution in [1.29, 1.82) is 0 Å². The molecule has 0 aromatic heterocycles. The first-order valence-corrected chi connectivity index (χ1v) is 6.76. The standard InChI is InChI=1S/C13H23N3O2/c1-13(12(18)14-2)5-6-16(9-13)11(17)8-15-7-10-3-4-10/h10,15H,3-9H2,1-2H3,(H,14,18). The molecule has 2 fully saturated rings. The van der Waals surface area contributed by atoms with Gasteiger partial charge in [-0.3, -0.25) is 9.59 Å². The van der Waals surface area contributed by atoms with Crippen LogP contribution < -0.4 is 10.6 Å². The van der Waals surface area contributed by atoms with Crippen LogP contribution in [0.15, 0.2) is 0 Å². The molecule has 1 saturated carbocycles. The maximum absolute atomic E-state index is 12.0. The highest BCUT2D eigenvalue weighted by Crippen LogP contribution is 2.30. The highest BCUT2D eigenvalue weighted by Gasteiger charge is 2.41. The van der Waals surface area contributed by atoms with E-state index in [4.69, 9.17) is 0 Å². The van der Waals surface area contributed by atoms with E-state index in [9.17, 15) is 9.59 Å². The summed E-state index contributed by atoms with van der Waals surface area (Å²) < 4.78 is 0. The third-order valence-corrected chi connectivity index (χ3v) is 4.01. The van der Waals surface area contributed by atoms with Crippen LogP contribution in [-0.2, 0) is 9.59 Å². The molecule has 0 radical (unpaired) electrons. The zero-order valence-corrected chi connectivity index (χ0v) is 11.3. The largest absolute Gasteiger partial charge is 0.359 e. The molecule has 0 aromatic carbocycles. The molecule has 1 saturated heterocycles. The SMILES string of the molecule is CNC(=O)C1(C)CCN(C(=O)CNCC2CC2)C1. The van der Waals surface area contributed by atoms with E-state index in [0.29, 0.717) is 19.6 Å². The monoisotopic (exact) mass is 253 g/mol. The van der Waals surface area contributed by atoms with Crippen LogP contribution in [0.3, 0.4) is 0 Å². The molecule has 2 aliphatic rings. The maximum Gasteiger partial charge on any atom is 0.236 e. The van der Waals surface area contributed by atoms with Gasteiger partial charge < -0.3 is 15.5 Å². The minimum Gasteiger partial charge on any atom is -0.359 e. The van der Waals surface area contributed by atoms with Gasteiger partial charge in [-0.05, 0) is 38.6 Å². The number of amides is 2. The highest BCUT2D eigenvalue weighted by atomic mass is 16.2. The predicted molar refractivity (Wildman–Crippen MR) is 69.0 cm³/mol. The summed E-state index contributed by atoms with van der Waals surface area (Å²) in [4.78, 5) is 25.5. The molecule has 0 aromatic rings. The Morgan fingerprint density at radius 3 is 2.72 bits per heavy atom. The van der Waals surface area contributed by atoms with E-state index in [-0.39, 0.29) is 11.8 Å². The smallest absolute Gasteiger partial charge is 0.236 e. The number of carbonyl (C=O) groups is 2. The van der Waals surface area contributed by atoms with Crippen molar-refractivity contribution >= 4 is 11.8 Å². The zero-order valence-electron chi connectivity index (χ0n) is 11.3. The van der Waals surface area contributed by atoms with E-state index in [2.05, 4.69) is 10.6 Å². The number of rotatable bonds is 5. The van der Waals surface area contributed by atoms with Gasteiger partial charge in [0, 0.05) is 20.1 Å². The van der Waals surface area contributed by atoms with E-state index < -0.39 is 5.41 Å². The second kappa shape index (κ2) is 5.26. The van der Waals surface area contributed by atoms with Crippen LogP contribution >= 0.6 is 0 Å². The molecule has 102 valence electrons. The van der Waals surface area contributed by atoms with E-state index >= 15 is 0 Å². The lowest BCUT2D eigenvalue weighted by atomic mass is 9.89. The average molecular weight is 253 g/mol. The normalized spacial score (nSPS) is 27.3. The minimum atomic E-state index is -0.416. The van der Waals surface area contributed by atoms with Crippen LogP contribution in [0.5, 0.6) is 0 Å². The third-order valence-electron chi connectivity index (χ3n) is 4.01. The maximum atomic E-state index is 12.0. The van der Waals surface area contributed by atoms with Crippen molar-refractivity contribution in [2.24, 2.45) is 11.3 Å². The summed E-state index contributed by atoms with van der Waals surface area (Å²) in [6.07, 6.45) is 3.33. The van der Waals surface area contributed by atoms with Crippen molar-refractivity contribution in [3.05, 3.63) is 0 Å². The predicted octanol–water partition coefficient (Wildman–Crippen LogP) is -0.0294. The number of carbonyl (C=O) groups excluding carboxylic acids is 2. The lowest BCUT2D eigenvalue weighted by Gasteiger charge is -2.22. The summed E-state index contributed by atoms with van der Waals surface area (Å²) in [5.41, 5.74) is -0.416. The van der Waals surface area contributed by atoms with Crippen LogP contribution in [0.4, 0.5) is 0 Å². The van der Waals surface area contributed by atoms with Gasteiger partial charge in [0.2, 0.25) is 11.8 Å². The molecular weight excluding hydrogens is 230 g/mol. The Hall–Kier alpha value is -1.10. The molecule has 1 aliphatic heterocycles. The fourth-order valence-electron chi connectivity index (χ4n) is 2.48. The Bertz CT molecular complexity index is 341. The molecule has 2 rings (SSSR count). The van der Waals surface area contributed by atoms with Gasteiger partial charge in [-0.25, -0.2) is 0 Å². The second-order valence-corrected chi connectivity index (χ2v) is 5.78. The van der Waals surface area contributed by atoms with Gasteiger partial charge >= 0.3 is 0 Å². The van der Waals surface area contributed by atoms with Crippen molar-refractivity contribution in [3.63, 3.8) is 0 Å².